The van der Waals surface area contributed by atoms with Crippen molar-refractivity contribution in [3.05, 3.63) is 114 Å². The van der Waals surface area contributed by atoms with Gasteiger partial charge in [0, 0.05) is 12.0 Å². The van der Waals surface area contributed by atoms with Gasteiger partial charge in [0.25, 0.3) is 0 Å². The number of hydrogen-bond donors (Lipinski definition) is 0. The van der Waals surface area contributed by atoms with Gasteiger partial charge in [-0.25, -0.2) is 18.7 Å². The second-order valence-corrected chi connectivity index (χ2v) is 7.21. The Morgan fingerprint density at radius 1 is 0.875 bits per heavy atom. The number of ether oxygens (including phenoxy) is 1. The number of halogens is 2. The number of nitrogens with zero attached hydrogens (tertiary/aromatic N) is 2. The van der Waals surface area contributed by atoms with Gasteiger partial charge in [0.05, 0.1) is 18.0 Å². The second kappa shape index (κ2) is 9.84. The monoisotopic (exact) mass is 426 g/mol. The Morgan fingerprint density at radius 2 is 1.66 bits per heavy atom. The molecule has 0 saturated carbocycles. The predicted octanol–water partition coefficient (Wildman–Crippen LogP) is 5.66. The van der Waals surface area contributed by atoms with Crippen LogP contribution in [0.2, 0.25) is 0 Å². The van der Waals surface area contributed by atoms with Gasteiger partial charge < -0.3 is 4.74 Å². The third-order valence-corrected chi connectivity index (χ3v) is 4.86. The van der Waals surface area contributed by atoms with Crippen LogP contribution in [0.4, 0.5) is 8.78 Å². The van der Waals surface area contributed by atoms with Crippen molar-refractivity contribution in [2.45, 2.75) is 12.8 Å². The Kier molecular flexibility index (Phi) is 6.52. The highest BCUT2D eigenvalue weighted by Gasteiger charge is 2.04. The van der Waals surface area contributed by atoms with Crippen LogP contribution in [0.5, 0.6) is 5.75 Å². The predicted molar refractivity (Wildman–Crippen MR) is 121 cm³/mol. The molecular weight excluding hydrogens is 406 g/mol. The highest BCUT2D eigenvalue weighted by molar-refractivity contribution is 5.84. The maximum absolute atomic E-state index is 14.5. The maximum Gasteiger partial charge on any atom is 0.156 e. The van der Waals surface area contributed by atoms with Crippen LogP contribution in [0.1, 0.15) is 22.5 Å². The number of benzene rings is 3. The van der Waals surface area contributed by atoms with Gasteiger partial charge in [0.1, 0.15) is 24.1 Å². The van der Waals surface area contributed by atoms with Crippen LogP contribution >= 0.6 is 0 Å². The minimum Gasteiger partial charge on any atom is -0.486 e. The van der Waals surface area contributed by atoms with E-state index < -0.39 is 0 Å². The van der Waals surface area contributed by atoms with E-state index in [2.05, 4.69) is 28.4 Å². The normalized spacial score (nSPS) is 10.4. The van der Waals surface area contributed by atoms with Crippen molar-refractivity contribution in [3.63, 3.8) is 0 Å². The number of aryl methyl sites for hydroxylation is 2. The van der Waals surface area contributed by atoms with E-state index in [4.69, 9.17) is 4.74 Å². The molecule has 3 aromatic carbocycles. The van der Waals surface area contributed by atoms with Crippen LogP contribution in [-0.4, -0.2) is 16.6 Å². The lowest BCUT2D eigenvalue weighted by Gasteiger charge is -2.05. The number of aromatic nitrogens is 2. The first-order chi connectivity index (χ1) is 15.6. The topological polar surface area (TPSA) is 35.0 Å². The van der Waals surface area contributed by atoms with Crippen LogP contribution < -0.4 is 4.74 Å². The highest BCUT2D eigenvalue weighted by Crippen LogP contribution is 2.18. The van der Waals surface area contributed by atoms with Gasteiger partial charge in [-0.15, -0.1) is 0 Å². The fourth-order valence-electron chi connectivity index (χ4n) is 3.21. The van der Waals surface area contributed by atoms with Crippen molar-refractivity contribution < 1.29 is 13.5 Å². The molecule has 3 nitrogen and oxygen atoms in total. The minimum absolute atomic E-state index is 0.278. The van der Waals surface area contributed by atoms with E-state index in [1.54, 1.807) is 36.7 Å². The van der Waals surface area contributed by atoms with Crippen molar-refractivity contribution in [2.24, 2.45) is 0 Å². The van der Waals surface area contributed by atoms with E-state index in [0.29, 0.717) is 36.6 Å². The molecule has 0 fully saturated rings. The van der Waals surface area contributed by atoms with E-state index in [9.17, 15) is 8.78 Å². The van der Waals surface area contributed by atoms with E-state index in [1.807, 2.05) is 18.2 Å². The molecule has 0 atom stereocenters. The molecule has 1 heterocycles. The Balaban J connectivity index is 1.41. The molecule has 4 rings (SSSR count). The Bertz CT molecular complexity index is 1320. The largest absolute Gasteiger partial charge is 0.486 e. The summed E-state index contributed by atoms with van der Waals surface area (Å²) in [6.07, 6.45) is 6.09. The van der Waals surface area contributed by atoms with E-state index in [0.717, 1.165) is 21.9 Å². The average molecular weight is 426 g/mol. The molecule has 158 valence electrons. The lowest BCUT2D eigenvalue weighted by Crippen LogP contribution is -2.00. The number of hydrogen-bond acceptors (Lipinski definition) is 3. The number of fused-ring (bicyclic) bond motifs is 1. The fourth-order valence-corrected chi connectivity index (χ4v) is 3.21. The molecule has 0 unspecified atom stereocenters. The molecule has 0 aliphatic rings. The zero-order chi connectivity index (χ0) is 22.3. The molecule has 32 heavy (non-hydrogen) atoms. The van der Waals surface area contributed by atoms with Crippen LogP contribution in [0.25, 0.3) is 10.8 Å². The van der Waals surface area contributed by atoms with Gasteiger partial charge >= 0.3 is 0 Å². The summed E-state index contributed by atoms with van der Waals surface area (Å²) in [7, 11) is 0. The lowest BCUT2D eigenvalue weighted by molar-refractivity contribution is 0.359. The first-order valence-electron chi connectivity index (χ1n) is 10.1. The molecule has 5 heteroatoms. The van der Waals surface area contributed by atoms with Crippen molar-refractivity contribution in [3.8, 4) is 17.6 Å². The Labute approximate surface area is 185 Å². The summed E-state index contributed by atoms with van der Waals surface area (Å²) < 4.78 is 33.2. The van der Waals surface area contributed by atoms with Gasteiger partial charge in [-0.1, -0.05) is 42.7 Å². The van der Waals surface area contributed by atoms with Crippen molar-refractivity contribution in [2.75, 3.05) is 6.61 Å². The molecule has 0 bridgehead atoms. The molecule has 0 N–H and O–H groups in total. The summed E-state index contributed by atoms with van der Waals surface area (Å²) in [5, 5.41) is 1.69. The van der Waals surface area contributed by atoms with Gasteiger partial charge in [-0.3, -0.25) is 0 Å². The molecule has 0 aliphatic carbocycles. The number of rotatable bonds is 6. The van der Waals surface area contributed by atoms with Crippen LogP contribution in [0, 0.1) is 23.5 Å². The standard InChI is InChI=1S/C27H20F2N2O/c1-2-13-32-25-17-30-27(31-18-25)12-6-20-4-8-21(26(29)15-20)7-3-19-5-9-23-16-24(28)11-10-22(23)14-19/h2,4-5,8-11,14-18H,1,6,12-13H2. The molecule has 4 aromatic rings. The summed E-state index contributed by atoms with van der Waals surface area (Å²) in [4.78, 5) is 8.54. The fraction of sp³-hybridized carbons (Fsp3) is 0.111. The summed E-state index contributed by atoms with van der Waals surface area (Å²) in [6, 6.07) is 15.1. The summed E-state index contributed by atoms with van der Waals surface area (Å²) >= 11 is 0. The van der Waals surface area contributed by atoms with E-state index in [1.165, 1.54) is 18.2 Å². The molecule has 0 saturated heterocycles. The third kappa shape index (κ3) is 5.35. The molecule has 0 amide bonds. The zero-order valence-electron chi connectivity index (χ0n) is 17.3. The van der Waals surface area contributed by atoms with Gasteiger partial charge in [-0.05, 0) is 59.2 Å². The average Bonchev–Trinajstić information content (AvgIpc) is 2.81. The second-order valence-electron chi connectivity index (χ2n) is 7.21. The van der Waals surface area contributed by atoms with Gasteiger partial charge in [-0.2, -0.15) is 0 Å². The molecule has 0 spiro atoms. The van der Waals surface area contributed by atoms with Gasteiger partial charge in [0.15, 0.2) is 5.75 Å². The van der Waals surface area contributed by atoms with E-state index >= 15 is 0 Å². The quantitative estimate of drug-likeness (QED) is 0.295. The lowest BCUT2D eigenvalue weighted by atomic mass is 10.0. The SMILES string of the molecule is C=CCOc1cnc(CCc2ccc(C#Cc3ccc4cc(F)ccc4c3)c(F)c2)nc1. The summed E-state index contributed by atoms with van der Waals surface area (Å²) in [6.45, 7) is 3.99. The Hall–Kier alpha value is -4.04. The van der Waals surface area contributed by atoms with Crippen LogP contribution in [0.15, 0.2) is 79.6 Å². The molecule has 0 radical (unpaired) electrons. The summed E-state index contributed by atoms with van der Waals surface area (Å²) in [5.74, 6) is 6.47. The third-order valence-electron chi connectivity index (χ3n) is 4.86. The molecular formula is C27H20F2N2O. The zero-order valence-corrected chi connectivity index (χ0v) is 17.3. The maximum atomic E-state index is 14.5. The smallest absolute Gasteiger partial charge is 0.156 e. The first-order valence-corrected chi connectivity index (χ1v) is 10.1. The summed E-state index contributed by atoms with van der Waals surface area (Å²) in [5.41, 5.74) is 1.91. The minimum atomic E-state index is -0.369. The van der Waals surface area contributed by atoms with Crippen molar-refractivity contribution in [1.29, 1.82) is 0 Å². The van der Waals surface area contributed by atoms with Crippen molar-refractivity contribution >= 4 is 10.8 Å². The highest BCUT2D eigenvalue weighted by atomic mass is 19.1. The van der Waals surface area contributed by atoms with E-state index in [-0.39, 0.29) is 11.6 Å². The molecule has 1 aromatic heterocycles. The van der Waals surface area contributed by atoms with Crippen LogP contribution in [-0.2, 0) is 12.8 Å². The Morgan fingerprint density at radius 3 is 2.44 bits per heavy atom. The van der Waals surface area contributed by atoms with Crippen LogP contribution in [0.3, 0.4) is 0 Å². The van der Waals surface area contributed by atoms with Crippen molar-refractivity contribution in [1.82, 2.24) is 9.97 Å². The first kappa shape index (κ1) is 21.2. The van der Waals surface area contributed by atoms with Gasteiger partial charge in [0.2, 0.25) is 0 Å². The molecule has 0 aliphatic heterocycles.